The summed E-state index contributed by atoms with van der Waals surface area (Å²) in [7, 11) is 0. The predicted molar refractivity (Wildman–Crippen MR) is 103 cm³/mol. The number of aromatic nitrogens is 2. The Morgan fingerprint density at radius 3 is 2.68 bits per heavy atom. The number of hydrogen-bond donors (Lipinski definition) is 1. The number of amides is 1. The van der Waals surface area contributed by atoms with E-state index >= 15 is 0 Å². The van der Waals surface area contributed by atoms with Crippen LogP contribution < -0.4 is 0 Å². The number of carbonyl (C=O) groups is 2. The Morgan fingerprint density at radius 1 is 1.36 bits per heavy atom. The van der Waals surface area contributed by atoms with Gasteiger partial charge < -0.3 is 14.5 Å². The lowest BCUT2D eigenvalue weighted by Gasteiger charge is -2.31. The van der Waals surface area contributed by atoms with Gasteiger partial charge in [-0.15, -0.1) is 0 Å². The highest BCUT2D eigenvalue weighted by molar-refractivity contribution is 6.07. The van der Waals surface area contributed by atoms with Crippen molar-refractivity contribution in [2.24, 2.45) is 5.41 Å². The van der Waals surface area contributed by atoms with E-state index in [9.17, 15) is 14.7 Å². The van der Waals surface area contributed by atoms with Crippen LogP contribution in [0.3, 0.4) is 0 Å². The lowest BCUT2D eigenvalue weighted by Crippen LogP contribution is -2.50. The second-order valence-corrected chi connectivity index (χ2v) is 9.56. The van der Waals surface area contributed by atoms with E-state index in [1.165, 1.54) is 4.90 Å². The quantitative estimate of drug-likeness (QED) is 0.860. The molecule has 0 radical (unpaired) electrons. The second-order valence-electron chi connectivity index (χ2n) is 9.56. The number of fused-ring (bicyclic) bond motifs is 1. The molecule has 1 aliphatic heterocycles. The summed E-state index contributed by atoms with van der Waals surface area (Å²) in [5.74, 6) is -0.891. The van der Waals surface area contributed by atoms with Crippen molar-refractivity contribution >= 4 is 23.0 Å². The highest BCUT2D eigenvalue weighted by atomic mass is 16.5. The Labute approximate surface area is 164 Å². The van der Waals surface area contributed by atoms with Crippen LogP contribution in [0.15, 0.2) is 10.6 Å². The molecule has 28 heavy (non-hydrogen) atoms. The van der Waals surface area contributed by atoms with Crippen molar-refractivity contribution in [2.45, 2.75) is 71.3 Å². The van der Waals surface area contributed by atoms with Gasteiger partial charge in [0, 0.05) is 18.2 Å². The van der Waals surface area contributed by atoms with E-state index in [4.69, 9.17) is 4.52 Å². The molecule has 4 rings (SSSR count). The molecule has 2 aliphatic rings. The smallest absolute Gasteiger partial charge is 0.329 e. The molecule has 7 nitrogen and oxygen atoms in total. The van der Waals surface area contributed by atoms with Crippen molar-refractivity contribution < 1.29 is 19.2 Å². The highest BCUT2D eigenvalue weighted by Crippen LogP contribution is 2.41. The Balaban J connectivity index is 1.85. The van der Waals surface area contributed by atoms with Crippen molar-refractivity contribution in [3.8, 4) is 0 Å². The minimum Gasteiger partial charge on any atom is -0.480 e. The average molecular weight is 385 g/mol. The summed E-state index contributed by atoms with van der Waals surface area (Å²) in [6, 6.07) is 1.84. The first kappa shape index (κ1) is 18.9. The topological polar surface area (TPSA) is 96.5 Å². The molecule has 1 N–H and O–H groups in total. The van der Waals surface area contributed by atoms with Crippen molar-refractivity contribution in [3.63, 3.8) is 0 Å². The highest BCUT2D eigenvalue weighted by Gasteiger charge is 2.47. The van der Waals surface area contributed by atoms with Crippen LogP contribution in [0.25, 0.3) is 11.1 Å². The number of likely N-dealkylation sites (tertiary alicyclic amines) is 1. The standard InChI is InChI=1S/C21H27N3O4/c1-20(2,3)11-15-16-13(10-14(12-6-7-12)22-17(16)28-23-15)18(25)24-9-5-8-21(24,4)19(26)27/h10,12H,5-9,11H2,1-4H3,(H,26,27). The SMILES string of the molecule is CC(C)(C)Cc1noc2nc(C3CC3)cc(C(=O)N3CCCC3(C)C(=O)O)c12. The fourth-order valence-corrected chi connectivity index (χ4v) is 4.07. The number of carbonyl (C=O) groups excluding carboxylic acids is 1. The number of rotatable bonds is 4. The maximum atomic E-state index is 13.6. The summed E-state index contributed by atoms with van der Waals surface area (Å²) < 4.78 is 5.52. The van der Waals surface area contributed by atoms with Gasteiger partial charge in [-0.2, -0.15) is 0 Å². The van der Waals surface area contributed by atoms with Crippen molar-refractivity contribution in [1.29, 1.82) is 0 Å². The summed E-state index contributed by atoms with van der Waals surface area (Å²) >= 11 is 0. The lowest BCUT2D eigenvalue weighted by molar-refractivity contribution is -0.147. The summed E-state index contributed by atoms with van der Waals surface area (Å²) in [6.45, 7) is 8.36. The van der Waals surface area contributed by atoms with Crippen LogP contribution in [-0.2, 0) is 11.2 Å². The molecule has 1 aliphatic carbocycles. The first-order chi connectivity index (χ1) is 13.1. The van der Waals surface area contributed by atoms with Gasteiger partial charge in [-0.05, 0) is 50.5 Å². The Kier molecular flexibility index (Phi) is 4.25. The first-order valence-corrected chi connectivity index (χ1v) is 9.95. The summed E-state index contributed by atoms with van der Waals surface area (Å²) in [4.78, 5) is 31.6. The molecular formula is C21H27N3O4. The van der Waals surface area contributed by atoms with Crippen LogP contribution in [0.4, 0.5) is 0 Å². The van der Waals surface area contributed by atoms with Gasteiger partial charge >= 0.3 is 5.97 Å². The van der Waals surface area contributed by atoms with Gasteiger partial charge in [-0.25, -0.2) is 9.78 Å². The van der Waals surface area contributed by atoms with Gasteiger partial charge in [0.05, 0.1) is 16.6 Å². The number of carboxylic acids is 1. The van der Waals surface area contributed by atoms with E-state index in [-0.39, 0.29) is 11.3 Å². The van der Waals surface area contributed by atoms with E-state index in [1.807, 2.05) is 6.07 Å². The number of pyridine rings is 1. The van der Waals surface area contributed by atoms with Gasteiger partial charge in [-0.1, -0.05) is 25.9 Å². The molecule has 1 amide bonds. The molecule has 0 aromatic carbocycles. The number of aliphatic carboxylic acids is 1. The average Bonchev–Trinajstić information content (AvgIpc) is 3.28. The summed E-state index contributed by atoms with van der Waals surface area (Å²) in [5.41, 5.74) is 1.17. The van der Waals surface area contributed by atoms with E-state index in [1.54, 1.807) is 6.92 Å². The molecule has 1 unspecified atom stereocenters. The van der Waals surface area contributed by atoms with Crippen molar-refractivity contribution in [3.05, 3.63) is 23.0 Å². The van der Waals surface area contributed by atoms with Gasteiger partial charge in [-0.3, -0.25) is 4.79 Å². The molecular weight excluding hydrogens is 358 g/mol. The zero-order chi connectivity index (χ0) is 20.3. The van der Waals surface area contributed by atoms with Crippen LogP contribution in [0, 0.1) is 5.41 Å². The van der Waals surface area contributed by atoms with E-state index < -0.39 is 11.5 Å². The fraction of sp³-hybridized carbons (Fsp3) is 0.619. The molecule has 150 valence electrons. The van der Waals surface area contributed by atoms with Crippen LogP contribution in [-0.4, -0.2) is 44.1 Å². The number of hydrogen-bond acceptors (Lipinski definition) is 5. The third-order valence-electron chi connectivity index (χ3n) is 5.81. The van der Waals surface area contributed by atoms with Gasteiger partial charge in [0.1, 0.15) is 5.54 Å². The minimum absolute atomic E-state index is 0.0392. The predicted octanol–water partition coefficient (Wildman–Crippen LogP) is 3.77. The monoisotopic (exact) mass is 385 g/mol. The largest absolute Gasteiger partial charge is 0.480 e. The molecule has 0 bridgehead atoms. The molecule has 1 saturated heterocycles. The molecule has 7 heteroatoms. The van der Waals surface area contributed by atoms with Crippen LogP contribution in [0.1, 0.15) is 81.0 Å². The zero-order valence-electron chi connectivity index (χ0n) is 16.9. The molecule has 3 heterocycles. The number of carboxylic acid groups (broad SMARTS) is 1. The van der Waals surface area contributed by atoms with Crippen molar-refractivity contribution in [2.75, 3.05) is 6.54 Å². The third-order valence-corrected chi connectivity index (χ3v) is 5.81. The zero-order valence-corrected chi connectivity index (χ0v) is 16.9. The maximum absolute atomic E-state index is 13.6. The third kappa shape index (κ3) is 3.16. The normalized spacial score (nSPS) is 22.8. The molecule has 2 aromatic heterocycles. The molecule has 1 saturated carbocycles. The van der Waals surface area contributed by atoms with Crippen LogP contribution >= 0.6 is 0 Å². The summed E-state index contributed by atoms with van der Waals surface area (Å²) in [5, 5.41) is 14.6. The van der Waals surface area contributed by atoms with E-state index in [2.05, 4.69) is 30.9 Å². The molecule has 2 fully saturated rings. The fourth-order valence-electron chi connectivity index (χ4n) is 4.07. The van der Waals surface area contributed by atoms with Gasteiger partial charge in [0.25, 0.3) is 11.6 Å². The molecule has 1 atom stereocenters. The van der Waals surface area contributed by atoms with E-state index in [0.717, 1.165) is 18.5 Å². The van der Waals surface area contributed by atoms with Gasteiger partial charge in [0.2, 0.25) is 0 Å². The van der Waals surface area contributed by atoms with E-state index in [0.29, 0.717) is 54.1 Å². The Morgan fingerprint density at radius 2 is 2.07 bits per heavy atom. The lowest BCUT2D eigenvalue weighted by atomic mass is 9.89. The maximum Gasteiger partial charge on any atom is 0.329 e. The Hall–Kier alpha value is -2.44. The first-order valence-electron chi connectivity index (χ1n) is 9.95. The summed E-state index contributed by atoms with van der Waals surface area (Å²) in [6.07, 6.45) is 3.87. The van der Waals surface area contributed by atoms with Crippen LogP contribution in [0.2, 0.25) is 0 Å². The Bertz CT molecular complexity index is 954. The minimum atomic E-state index is -1.19. The molecule has 0 spiro atoms. The molecule has 2 aromatic rings. The number of nitrogens with zero attached hydrogens (tertiary/aromatic N) is 3. The van der Waals surface area contributed by atoms with Crippen molar-refractivity contribution in [1.82, 2.24) is 15.0 Å². The van der Waals surface area contributed by atoms with Crippen LogP contribution in [0.5, 0.6) is 0 Å². The second kappa shape index (κ2) is 6.29. The van der Waals surface area contributed by atoms with Gasteiger partial charge in [0.15, 0.2) is 0 Å².